The van der Waals surface area contributed by atoms with E-state index in [1.165, 1.54) is 32.1 Å². The SMILES string of the molecule is CCCC[C@@H]1C[C@H](OCCC(C)C)CN1. The first kappa shape index (κ1) is 13.0. The standard InChI is InChI=1S/C13H27NO/c1-4-5-6-12-9-13(10-14-12)15-8-7-11(2)3/h11-14H,4-10H2,1-3H3/t12-,13+/m1/s1. The van der Waals surface area contributed by atoms with Crippen molar-refractivity contribution in [2.24, 2.45) is 5.92 Å². The van der Waals surface area contributed by atoms with Gasteiger partial charge in [0.1, 0.15) is 0 Å². The molecule has 1 fully saturated rings. The molecule has 2 heteroatoms. The Balaban J connectivity index is 2.03. The van der Waals surface area contributed by atoms with Crippen LogP contribution in [0.15, 0.2) is 0 Å². The molecule has 0 aromatic heterocycles. The molecule has 0 saturated carbocycles. The number of ether oxygens (including phenoxy) is 1. The van der Waals surface area contributed by atoms with Crippen molar-refractivity contribution in [2.75, 3.05) is 13.2 Å². The topological polar surface area (TPSA) is 21.3 Å². The van der Waals surface area contributed by atoms with Gasteiger partial charge in [0.25, 0.3) is 0 Å². The second kappa shape index (κ2) is 7.24. The van der Waals surface area contributed by atoms with E-state index in [-0.39, 0.29) is 0 Å². The number of rotatable bonds is 7. The minimum Gasteiger partial charge on any atom is -0.377 e. The zero-order valence-electron chi connectivity index (χ0n) is 10.6. The lowest BCUT2D eigenvalue weighted by Crippen LogP contribution is -2.21. The van der Waals surface area contributed by atoms with Gasteiger partial charge in [0.2, 0.25) is 0 Å². The number of nitrogens with one attached hydrogen (secondary N) is 1. The Morgan fingerprint density at radius 1 is 1.40 bits per heavy atom. The van der Waals surface area contributed by atoms with E-state index in [1.54, 1.807) is 0 Å². The van der Waals surface area contributed by atoms with Crippen LogP contribution in [0.4, 0.5) is 0 Å². The molecule has 1 saturated heterocycles. The molecule has 1 heterocycles. The van der Waals surface area contributed by atoms with Crippen molar-refractivity contribution in [3.8, 4) is 0 Å². The van der Waals surface area contributed by atoms with E-state index in [9.17, 15) is 0 Å². The van der Waals surface area contributed by atoms with Crippen LogP contribution in [-0.2, 0) is 4.74 Å². The zero-order chi connectivity index (χ0) is 11.1. The third-order valence-corrected chi connectivity index (χ3v) is 3.14. The summed E-state index contributed by atoms with van der Waals surface area (Å²) in [6.45, 7) is 8.75. The van der Waals surface area contributed by atoms with Gasteiger partial charge in [-0.15, -0.1) is 0 Å². The van der Waals surface area contributed by atoms with Gasteiger partial charge in [0, 0.05) is 19.2 Å². The fourth-order valence-electron chi connectivity index (χ4n) is 2.05. The van der Waals surface area contributed by atoms with Gasteiger partial charge < -0.3 is 10.1 Å². The van der Waals surface area contributed by atoms with Gasteiger partial charge >= 0.3 is 0 Å². The lowest BCUT2D eigenvalue weighted by Gasteiger charge is -2.12. The predicted octanol–water partition coefficient (Wildman–Crippen LogP) is 2.97. The van der Waals surface area contributed by atoms with Gasteiger partial charge in [-0.25, -0.2) is 0 Å². The van der Waals surface area contributed by atoms with Crippen molar-refractivity contribution in [1.82, 2.24) is 5.32 Å². The summed E-state index contributed by atoms with van der Waals surface area (Å²) in [6.07, 6.45) is 6.85. The Bertz CT molecular complexity index is 159. The van der Waals surface area contributed by atoms with Gasteiger partial charge in [0.05, 0.1) is 6.10 Å². The summed E-state index contributed by atoms with van der Waals surface area (Å²) in [5.74, 6) is 0.759. The molecular weight excluding hydrogens is 186 g/mol. The predicted molar refractivity (Wildman–Crippen MR) is 65.1 cm³/mol. The quantitative estimate of drug-likeness (QED) is 0.702. The monoisotopic (exact) mass is 213 g/mol. The summed E-state index contributed by atoms with van der Waals surface area (Å²) >= 11 is 0. The maximum atomic E-state index is 5.86. The van der Waals surface area contributed by atoms with Crippen molar-refractivity contribution in [2.45, 2.75) is 65.0 Å². The van der Waals surface area contributed by atoms with E-state index in [0.717, 1.165) is 19.1 Å². The molecule has 0 radical (unpaired) electrons. The molecule has 0 unspecified atom stereocenters. The number of hydrogen-bond acceptors (Lipinski definition) is 2. The first-order valence-corrected chi connectivity index (χ1v) is 6.57. The molecule has 0 amide bonds. The molecule has 1 N–H and O–H groups in total. The van der Waals surface area contributed by atoms with Gasteiger partial charge in [-0.2, -0.15) is 0 Å². The maximum Gasteiger partial charge on any atom is 0.0714 e. The van der Waals surface area contributed by atoms with E-state index in [2.05, 4.69) is 26.1 Å². The molecule has 2 nitrogen and oxygen atoms in total. The Kier molecular flexibility index (Phi) is 6.26. The van der Waals surface area contributed by atoms with E-state index >= 15 is 0 Å². The smallest absolute Gasteiger partial charge is 0.0714 e. The fourth-order valence-corrected chi connectivity index (χ4v) is 2.05. The average molecular weight is 213 g/mol. The molecule has 0 bridgehead atoms. The lowest BCUT2D eigenvalue weighted by molar-refractivity contribution is 0.0580. The van der Waals surface area contributed by atoms with Crippen LogP contribution in [-0.4, -0.2) is 25.3 Å². The van der Waals surface area contributed by atoms with Crippen LogP contribution >= 0.6 is 0 Å². The normalized spacial score (nSPS) is 26.4. The summed E-state index contributed by atoms with van der Waals surface area (Å²) in [7, 11) is 0. The van der Waals surface area contributed by atoms with Crippen LogP contribution in [0.2, 0.25) is 0 Å². The Labute approximate surface area is 94.8 Å². The minimum atomic E-state index is 0.477. The molecule has 1 aliphatic rings. The van der Waals surface area contributed by atoms with Crippen molar-refractivity contribution < 1.29 is 4.74 Å². The molecule has 0 aromatic rings. The largest absolute Gasteiger partial charge is 0.377 e. The molecule has 0 aliphatic carbocycles. The van der Waals surface area contributed by atoms with Crippen molar-refractivity contribution >= 4 is 0 Å². The van der Waals surface area contributed by atoms with Crippen molar-refractivity contribution in [1.29, 1.82) is 0 Å². The zero-order valence-corrected chi connectivity index (χ0v) is 10.6. The highest BCUT2D eigenvalue weighted by molar-refractivity contribution is 4.82. The fraction of sp³-hybridized carbons (Fsp3) is 1.00. The van der Waals surface area contributed by atoms with E-state index in [0.29, 0.717) is 12.1 Å². The van der Waals surface area contributed by atoms with Crippen LogP contribution in [0.1, 0.15) is 52.9 Å². The van der Waals surface area contributed by atoms with Crippen LogP contribution < -0.4 is 5.32 Å². The highest BCUT2D eigenvalue weighted by Gasteiger charge is 2.23. The second-order valence-electron chi connectivity index (χ2n) is 5.16. The van der Waals surface area contributed by atoms with Crippen molar-refractivity contribution in [3.05, 3.63) is 0 Å². The Morgan fingerprint density at radius 3 is 2.87 bits per heavy atom. The van der Waals surface area contributed by atoms with Crippen LogP contribution in [0, 0.1) is 5.92 Å². The molecular formula is C13H27NO. The highest BCUT2D eigenvalue weighted by Crippen LogP contribution is 2.16. The molecule has 90 valence electrons. The van der Waals surface area contributed by atoms with Gasteiger partial charge in [-0.3, -0.25) is 0 Å². The number of unbranched alkanes of at least 4 members (excludes halogenated alkanes) is 1. The average Bonchev–Trinajstić information content (AvgIpc) is 2.62. The Hall–Kier alpha value is -0.0800. The molecule has 2 atom stereocenters. The first-order valence-electron chi connectivity index (χ1n) is 6.57. The van der Waals surface area contributed by atoms with E-state index in [1.807, 2.05) is 0 Å². The summed E-state index contributed by atoms with van der Waals surface area (Å²) in [5, 5.41) is 3.55. The molecule has 1 rings (SSSR count). The Morgan fingerprint density at radius 2 is 2.20 bits per heavy atom. The first-order chi connectivity index (χ1) is 7.22. The summed E-state index contributed by atoms with van der Waals surface area (Å²) < 4.78 is 5.86. The van der Waals surface area contributed by atoms with Crippen LogP contribution in [0.25, 0.3) is 0 Å². The number of hydrogen-bond donors (Lipinski definition) is 1. The molecule has 0 aromatic carbocycles. The van der Waals surface area contributed by atoms with Gasteiger partial charge in [-0.1, -0.05) is 33.6 Å². The van der Waals surface area contributed by atoms with E-state index in [4.69, 9.17) is 4.74 Å². The van der Waals surface area contributed by atoms with Crippen molar-refractivity contribution in [3.63, 3.8) is 0 Å². The highest BCUT2D eigenvalue weighted by atomic mass is 16.5. The molecule has 0 spiro atoms. The lowest BCUT2D eigenvalue weighted by atomic mass is 10.1. The molecule has 15 heavy (non-hydrogen) atoms. The summed E-state index contributed by atoms with van der Waals surface area (Å²) in [6, 6.07) is 0.717. The third kappa shape index (κ3) is 5.53. The van der Waals surface area contributed by atoms with Gasteiger partial charge in [-0.05, 0) is 25.2 Å². The summed E-state index contributed by atoms with van der Waals surface area (Å²) in [4.78, 5) is 0. The van der Waals surface area contributed by atoms with Gasteiger partial charge in [0.15, 0.2) is 0 Å². The van der Waals surface area contributed by atoms with E-state index < -0.39 is 0 Å². The second-order valence-corrected chi connectivity index (χ2v) is 5.16. The molecule has 1 aliphatic heterocycles. The van der Waals surface area contributed by atoms with Crippen LogP contribution in [0.3, 0.4) is 0 Å². The maximum absolute atomic E-state index is 5.86. The third-order valence-electron chi connectivity index (χ3n) is 3.14. The summed E-state index contributed by atoms with van der Waals surface area (Å²) in [5.41, 5.74) is 0. The van der Waals surface area contributed by atoms with Crippen LogP contribution in [0.5, 0.6) is 0 Å². The minimum absolute atomic E-state index is 0.477.